The Hall–Kier alpha value is -3.11. The maximum atomic E-state index is 14.0. The van der Waals surface area contributed by atoms with Gasteiger partial charge < -0.3 is 9.32 Å². The second kappa shape index (κ2) is 8.20. The molecule has 2 aromatic carbocycles. The summed E-state index contributed by atoms with van der Waals surface area (Å²) in [5, 5.41) is 0. The van der Waals surface area contributed by atoms with Crippen molar-refractivity contribution < 1.29 is 26.4 Å². The van der Waals surface area contributed by atoms with Crippen molar-refractivity contribution in [3.8, 4) is 11.5 Å². The van der Waals surface area contributed by atoms with E-state index >= 15 is 0 Å². The van der Waals surface area contributed by atoms with E-state index in [4.69, 9.17) is 4.42 Å². The number of carbonyl (C=O) groups excluding carboxylic acids is 1. The summed E-state index contributed by atoms with van der Waals surface area (Å²) in [5.41, 5.74) is 0.878. The summed E-state index contributed by atoms with van der Waals surface area (Å²) in [6.07, 6.45) is 0. The molecule has 1 amide bonds. The van der Waals surface area contributed by atoms with Crippen LogP contribution in [0.15, 0.2) is 57.8 Å². The number of nitrogens with zero attached hydrogens (tertiary/aromatic N) is 3. The molecule has 1 saturated heterocycles. The summed E-state index contributed by atoms with van der Waals surface area (Å²) >= 11 is 0. The Morgan fingerprint density at radius 3 is 2.19 bits per heavy atom. The molecular formula is C21H19F2N3O4S. The fourth-order valence-electron chi connectivity index (χ4n) is 3.44. The van der Waals surface area contributed by atoms with Gasteiger partial charge in [-0.2, -0.15) is 4.31 Å². The number of carbonyl (C=O) groups is 1. The van der Waals surface area contributed by atoms with Crippen molar-refractivity contribution in [2.24, 2.45) is 0 Å². The van der Waals surface area contributed by atoms with Gasteiger partial charge in [-0.1, -0.05) is 24.3 Å². The number of oxazole rings is 1. The van der Waals surface area contributed by atoms with Crippen LogP contribution in [0.3, 0.4) is 0 Å². The first-order valence-corrected chi connectivity index (χ1v) is 11.0. The number of aromatic nitrogens is 1. The molecule has 31 heavy (non-hydrogen) atoms. The Labute approximate surface area is 178 Å². The molecule has 0 radical (unpaired) electrons. The lowest BCUT2D eigenvalue weighted by molar-refractivity contribution is 0.0690. The quantitative estimate of drug-likeness (QED) is 0.614. The number of halogens is 2. The lowest BCUT2D eigenvalue weighted by Crippen LogP contribution is -2.50. The van der Waals surface area contributed by atoms with Crippen LogP contribution in [0, 0.1) is 18.6 Å². The van der Waals surface area contributed by atoms with E-state index in [0.717, 1.165) is 28.1 Å². The van der Waals surface area contributed by atoms with E-state index in [1.54, 1.807) is 6.92 Å². The minimum atomic E-state index is -4.37. The van der Waals surface area contributed by atoms with E-state index in [9.17, 15) is 22.0 Å². The van der Waals surface area contributed by atoms with E-state index in [1.165, 1.54) is 4.90 Å². The number of hydrogen-bond acceptors (Lipinski definition) is 5. The van der Waals surface area contributed by atoms with Crippen LogP contribution in [-0.4, -0.2) is 54.7 Å². The smallest absolute Gasteiger partial charge is 0.276 e. The normalized spacial score (nSPS) is 15.3. The lowest BCUT2D eigenvalue weighted by atomic mass is 10.2. The second-order valence-corrected chi connectivity index (χ2v) is 8.91. The van der Waals surface area contributed by atoms with Gasteiger partial charge in [0.1, 0.15) is 17.4 Å². The summed E-state index contributed by atoms with van der Waals surface area (Å²) in [6, 6.07) is 12.0. The molecule has 7 nitrogen and oxygen atoms in total. The zero-order valence-corrected chi connectivity index (χ0v) is 17.4. The van der Waals surface area contributed by atoms with Gasteiger partial charge in [0.2, 0.25) is 15.9 Å². The standard InChI is InChI=1S/C21H19F2N3O4S/c1-14-18(24-20(30-14)15-6-3-2-4-7-15)21(27)25-10-12-26(13-11-25)31(28,29)19-16(22)8-5-9-17(19)23/h2-9H,10-13H2,1H3. The van der Waals surface area contributed by atoms with Crippen molar-refractivity contribution in [2.75, 3.05) is 26.2 Å². The minimum absolute atomic E-state index is 0.0567. The fraction of sp³-hybridized carbons (Fsp3) is 0.238. The summed E-state index contributed by atoms with van der Waals surface area (Å²) in [6.45, 7) is 1.56. The second-order valence-electron chi connectivity index (χ2n) is 7.04. The maximum absolute atomic E-state index is 14.0. The van der Waals surface area contributed by atoms with Gasteiger partial charge in [-0.25, -0.2) is 22.2 Å². The number of amides is 1. The number of aryl methyl sites for hydroxylation is 1. The first-order valence-electron chi connectivity index (χ1n) is 9.55. The molecule has 1 aromatic heterocycles. The van der Waals surface area contributed by atoms with Crippen LogP contribution in [0.2, 0.25) is 0 Å². The molecule has 0 spiro atoms. The highest BCUT2D eigenvalue weighted by Gasteiger charge is 2.35. The minimum Gasteiger partial charge on any atom is -0.441 e. The predicted molar refractivity (Wildman–Crippen MR) is 108 cm³/mol. The lowest BCUT2D eigenvalue weighted by Gasteiger charge is -2.33. The third kappa shape index (κ3) is 3.96. The average molecular weight is 447 g/mol. The van der Waals surface area contributed by atoms with Gasteiger partial charge >= 0.3 is 0 Å². The number of sulfonamides is 1. The Kier molecular flexibility index (Phi) is 5.59. The molecular weight excluding hydrogens is 428 g/mol. The highest BCUT2D eigenvalue weighted by atomic mass is 32.2. The first kappa shape index (κ1) is 21.1. The number of rotatable bonds is 4. The van der Waals surface area contributed by atoms with Gasteiger partial charge in [0.25, 0.3) is 5.91 Å². The van der Waals surface area contributed by atoms with Crippen LogP contribution >= 0.6 is 0 Å². The van der Waals surface area contributed by atoms with Crippen LogP contribution in [-0.2, 0) is 10.0 Å². The van der Waals surface area contributed by atoms with E-state index < -0.39 is 32.5 Å². The highest BCUT2D eigenvalue weighted by molar-refractivity contribution is 7.89. The van der Waals surface area contributed by atoms with Crippen LogP contribution in [0.5, 0.6) is 0 Å². The molecule has 4 rings (SSSR count). The van der Waals surface area contributed by atoms with Crippen molar-refractivity contribution in [1.29, 1.82) is 0 Å². The summed E-state index contributed by atoms with van der Waals surface area (Å²) in [5.74, 6) is -2.02. The summed E-state index contributed by atoms with van der Waals surface area (Å²) in [7, 11) is -4.37. The van der Waals surface area contributed by atoms with E-state index in [-0.39, 0.29) is 31.9 Å². The van der Waals surface area contributed by atoms with E-state index in [2.05, 4.69) is 4.98 Å². The third-order valence-electron chi connectivity index (χ3n) is 5.06. The molecule has 0 aliphatic carbocycles. The molecule has 3 aromatic rings. The van der Waals surface area contributed by atoms with Crippen molar-refractivity contribution in [1.82, 2.24) is 14.2 Å². The van der Waals surface area contributed by atoms with Crippen molar-refractivity contribution >= 4 is 15.9 Å². The molecule has 1 fully saturated rings. The zero-order chi connectivity index (χ0) is 22.2. The fourth-order valence-corrected chi connectivity index (χ4v) is 4.97. The van der Waals surface area contributed by atoms with Crippen molar-refractivity contribution in [3.63, 3.8) is 0 Å². The Balaban J connectivity index is 1.49. The molecule has 1 aliphatic rings. The molecule has 0 saturated carbocycles. The monoisotopic (exact) mass is 447 g/mol. The SMILES string of the molecule is Cc1oc(-c2ccccc2)nc1C(=O)N1CCN(S(=O)(=O)c2c(F)cccc2F)CC1. The average Bonchev–Trinajstić information content (AvgIpc) is 3.15. The van der Waals surface area contributed by atoms with Gasteiger partial charge in [0, 0.05) is 31.7 Å². The zero-order valence-electron chi connectivity index (χ0n) is 16.6. The molecule has 10 heteroatoms. The summed E-state index contributed by atoms with van der Waals surface area (Å²) in [4.78, 5) is 17.7. The van der Waals surface area contributed by atoms with E-state index in [0.29, 0.717) is 11.7 Å². The number of benzene rings is 2. The van der Waals surface area contributed by atoms with Gasteiger partial charge in [-0.3, -0.25) is 4.79 Å². The molecule has 0 unspecified atom stereocenters. The molecule has 162 valence electrons. The Morgan fingerprint density at radius 1 is 0.968 bits per heavy atom. The van der Waals surface area contributed by atoms with Crippen LogP contribution in [0.4, 0.5) is 8.78 Å². The number of hydrogen-bond donors (Lipinski definition) is 0. The molecule has 0 N–H and O–H groups in total. The van der Waals surface area contributed by atoms with Crippen molar-refractivity contribution in [3.05, 3.63) is 71.6 Å². The summed E-state index contributed by atoms with van der Waals surface area (Å²) < 4.78 is 60.0. The number of piperazine rings is 1. The molecule has 0 atom stereocenters. The molecule has 0 bridgehead atoms. The first-order chi connectivity index (χ1) is 14.8. The van der Waals surface area contributed by atoms with Crippen LogP contribution in [0.1, 0.15) is 16.2 Å². The highest BCUT2D eigenvalue weighted by Crippen LogP contribution is 2.25. The third-order valence-corrected chi connectivity index (χ3v) is 7.01. The van der Waals surface area contributed by atoms with Crippen LogP contribution in [0.25, 0.3) is 11.5 Å². The predicted octanol–water partition coefficient (Wildman–Crippen LogP) is 3.07. The molecule has 2 heterocycles. The maximum Gasteiger partial charge on any atom is 0.276 e. The van der Waals surface area contributed by atoms with Gasteiger partial charge in [-0.05, 0) is 31.2 Å². The van der Waals surface area contributed by atoms with Gasteiger partial charge in [0.15, 0.2) is 10.6 Å². The Morgan fingerprint density at radius 2 is 1.58 bits per heavy atom. The topological polar surface area (TPSA) is 83.7 Å². The largest absolute Gasteiger partial charge is 0.441 e. The Bertz CT molecular complexity index is 1200. The van der Waals surface area contributed by atoms with Crippen molar-refractivity contribution in [2.45, 2.75) is 11.8 Å². The molecule has 1 aliphatic heterocycles. The van der Waals surface area contributed by atoms with Crippen LogP contribution < -0.4 is 0 Å². The van der Waals surface area contributed by atoms with Gasteiger partial charge in [-0.15, -0.1) is 0 Å². The van der Waals surface area contributed by atoms with Gasteiger partial charge in [0.05, 0.1) is 0 Å². The van der Waals surface area contributed by atoms with E-state index in [1.807, 2.05) is 30.3 Å².